The van der Waals surface area contributed by atoms with Crippen molar-refractivity contribution in [2.75, 3.05) is 42.7 Å². The Labute approximate surface area is 199 Å². The number of hydrogen-bond donors (Lipinski definition) is 2. The molecule has 1 unspecified atom stereocenters. The van der Waals surface area contributed by atoms with Crippen molar-refractivity contribution in [1.82, 2.24) is 4.90 Å². The minimum absolute atomic E-state index is 0.204. The van der Waals surface area contributed by atoms with Crippen molar-refractivity contribution in [3.05, 3.63) is 88.9 Å². The van der Waals surface area contributed by atoms with Crippen molar-refractivity contribution in [2.24, 2.45) is 0 Å². The summed E-state index contributed by atoms with van der Waals surface area (Å²) in [6.45, 7) is 2.05. The Morgan fingerprint density at radius 1 is 0.879 bits per heavy atom. The molecule has 3 aromatic carbocycles. The molecule has 1 heterocycles. The number of likely N-dealkylation sites (N-methyl/N-ethyl adjacent to an activating group) is 1. The van der Waals surface area contributed by atoms with Gasteiger partial charge in [-0.3, -0.25) is 9.59 Å². The van der Waals surface area contributed by atoms with Gasteiger partial charge in [-0.15, -0.1) is 0 Å². The van der Waals surface area contributed by atoms with Crippen LogP contribution in [0.3, 0.4) is 0 Å². The zero-order chi connectivity index (χ0) is 23.4. The van der Waals surface area contributed by atoms with Crippen LogP contribution in [0.15, 0.2) is 72.8 Å². The molecule has 0 spiro atoms. The summed E-state index contributed by atoms with van der Waals surface area (Å²) in [5, 5.41) is 6.24. The number of anilines is 3. The van der Waals surface area contributed by atoms with Gasteiger partial charge in [0.1, 0.15) is 0 Å². The molecule has 2 amide bonds. The van der Waals surface area contributed by atoms with Crippen molar-refractivity contribution in [2.45, 2.75) is 12.5 Å². The van der Waals surface area contributed by atoms with E-state index in [2.05, 4.69) is 34.5 Å². The van der Waals surface area contributed by atoms with Gasteiger partial charge in [0, 0.05) is 52.3 Å². The maximum atomic E-state index is 12.6. The van der Waals surface area contributed by atoms with Gasteiger partial charge in [-0.25, -0.2) is 0 Å². The monoisotopic (exact) mass is 462 g/mol. The summed E-state index contributed by atoms with van der Waals surface area (Å²) in [6.07, 6.45) is 1.15. The van der Waals surface area contributed by atoms with Gasteiger partial charge in [0.15, 0.2) is 0 Å². The molecule has 170 valence electrons. The number of carbonyl (C=O) groups is 2. The Morgan fingerprint density at radius 2 is 1.48 bits per heavy atom. The summed E-state index contributed by atoms with van der Waals surface area (Å²) in [7, 11) is 4.24. The van der Waals surface area contributed by atoms with E-state index in [0.717, 1.165) is 30.9 Å². The summed E-state index contributed by atoms with van der Waals surface area (Å²) in [5.74, 6) is -0.464. The van der Waals surface area contributed by atoms with Gasteiger partial charge in [0.25, 0.3) is 11.8 Å². The molecule has 0 saturated carbocycles. The largest absolute Gasteiger partial charge is 0.370 e. The van der Waals surface area contributed by atoms with Crippen molar-refractivity contribution in [1.29, 1.82) is 0 Å². The molecule has 2 N–H and O–H groups in total. The van der Waals surface area contributed by atoms with E-state index < -0.39 is 0 Å². The molecule has 1 aliphatic heterocycles. The fourth-order valence-corrected chi connectivity index (χ4v) is 4.08. The minimum Gasteiger partial charge on any atom is -0.370 e. The molecule has 1 atom stereocenters. The summed E-state index contributed by atoms with van der Waals surface area (Å²) < 4.78 is 0. The topological polar surface area (TPSA) is 64.7 Å². The summed E-state index contributed by atoms with van der Waals surface area (Å²) in [6, 6.07) is 22.0. The molecule has 0 aliphatic carbocycles. The number of benzene rings is 3. The minimum atomic E-state index is -0.260. The Morgan fingerprint density at radius 3 is 2.06 bits per heavy atom. The van der Waals surface area contributed by atoms with Crippen LogP contribution in [0.4, 0.5) is 17.1 Å². The van der Waals surface area contributed by atoms with Gasteiger partial charge in [-0.2, -0.15) is 0 Å². The molecule has 4 rings (SSSR count). The van der Waals surface area contributed by atoms with E-state index in [0.29, 0.717) is 27.9 Å². The van der Waals surface area contributed by atoms with Gasteiger partial charge in [-0.1, -0.05) is 17.7 Å². The lowest BCUT2D eigenvalue weighted by Gasteiger charge is -2.22. The van der Waals surface area contributed by atoms with E-state index in [1.807, 2.05) is 24.3 Å². The van der Waals surface area contributed by atoms with Crippen LogP contribution in [0.25, 0.3) is 0 Å². The molecular formula is C26H27ClN4O2. The maximum Gasteiger partial charge on any atom is 0.255 e. The van der Waals surface area contributed by atoms with Gasteiger partial charge < -0.3 is 20.4 Å². The lowest BCUT2D eigenvalue weighted by atomic mass is 10.1. The average Bonchev–Trinajstić information content (AvgIpc) is 3.31. The second-order valence-electron chi connectivity index (χ2n) is 8.39. The average molecular weight is 463 g/mol. The highest BCUT2D eigenvalue weighted by atomic mass is 35.5. The first kappa shape index (κ1) is 22.8. The number of carbonyl (C=O) groups excluding carboxylic acids is 2. The van der Waals surface area contributed by atoms with Crippen LogP contribution in [-0.2, 0) is 0 Å². The highest BCUT2D eigenvalue weighted by Crippen LogP contribution is 2.24. The van der Waals surface area contributed by atoms with E-state index >= 15 is 0 Å². The number of amides is 2. The molecule has 1 aliphatic rings. The molecule has 1 fully saturated rings. The first-order valence-electron chi connectivity index (χ1n) is 10.9. The number of nitrogens with zero attached hydrogens (tertiary/aromatic N) is 2. The van der Waals surface area contributed by atoms with Crippen LogP contribution < -0.4 is 15.5 Å². The van der Waals surface area contributed by atoms with Crippen molar-refractivity contribution in [3.63, 3.8) is 0 Å². The Kier molecular flexibility index (Phi) is 6.96. The van der Waals surface area contributed by atoms with E-state index in [-0.39, 0.29) is 11.8 Å². The van der Waals surface area contributed by atoms with Crippen molar-refractivity contribution in [3.8, 4) is 0 Å². The highest BCUT2D eigenvalue weighted by Gasteiger charge is 2.24. The normalized spacial score (nSPS) is 15.5. The van der Waals surface area contributed by atoms with Crippen LogP contribution in [0.5, 0.6) is 0 Å². The summed E-state index contributed by atoms with van der Waals surface area (Å²) >= 11 is 5.94. The van der Waals surface area contributed by atoms with Gasteiger partial charge >= 0.3 is 0 Å². The number of rotatable bonds is 6. The summed E-state index contributed by atoms with van der Waals surface area (Å²) in [5.41, 5.74) is 3.48. The van der Waals surface area contributed by atoms with Crippen LogP contribution in [0.1, 0.15) is 27.1 Å². The van der Waals surface area contributed by atoms with Crippen molar-refractivity contribution < 1.29 is 9.59 Å². The Hall–Kier alpha value is -3.35. The molecule has 0 bridgehead atoms. The third-order valence-corrected chi connectivity index (χ3v) is 6.11. The predicted molar refractivity (Wildman–Crippen MR) is 135 cm³/mol. The second-order valence-corrected chi connectivity index (χ2v) is 8.83. The molecule has 3 aromatic rings. The van der Waals surface area contributed by atoms with Crippen molar-refractivity contribution >= 4 is 40.5 Å². The van der Waals surface area contributed by atoms with E-state index in [1.54, 1.807) is 48.5 Å². The molecule has 0 aromatic heterocycles. The molecule has 7 heteroatoms. The standard InChI is InChI=1S/C26H27ClN4O2/c1-30(2)24-14-15-31(17-24)23-12-10-22(11-13-23)28-25(32)18-6-8-21(9-7-18)29-26(33)19-4-3-5-20(27)16-19/h3-13,16,24H,14-15,17H2,1-2H3,(H,28,32)(H,29,33). The fourth-order valence-electron chi connectivity index (χ4n) is 3.89. The first-order valence-corrected chi connectivity index (χ1v) is 11.3. The fraction of sp³-hybridized carbons (Fsp3) is 0.231. The zero-order valence-corrected chi connectivity index (χ0v) is 19.5. The predicted octanol–water partition coefficient (Wildman–Crippen LogP) is 4.98. The second kappa shape index (κ2) is 10.1. The lowest BCUT2D eigenvalue weighted by Crippen LogP contribution is -2.31. The van der Waals surface area contributed by atoms with Crippen LogP contribution in [-0.4, -0.2) is 49.9 Å². The van der Waals surface area contributed by atoms with Crippen LogP contribution in [0, 0.1) is 0 Å². The number of halogens is 1. The Balaban J connectivity index is 1.33. The van der Waals surface area contributed by atoms with E-state index in [9.17, 15) is 9.59 Å². The van der Waals surface area contributed by atoms with Gasteiger partial charge in [0.2, 0.25) is 0 Å². The number of nitrogens with one attached hydrogen (secondary N) is 2. The molecule has 33 heavy (non-hydrogen) atoms. The quantitative estimate of drug-likeness (QED) is 0.542. The molecule has 0 radical (unpaired) electrons. The molecule has 1 saturated heterocycles. The Bertz CT molecular complexity index is 1130. The molecular weight excluding hydrogens is 436 g/mol. The van der Waals surface area contributed by atoms with E-state index in [1.165, 1.54) is 0 Å². The smallest absolute Gasteiger partial charge is 0.255 e. The third kappa shape index (κ3) is 5.72. The maximum absolute atomic E-state index is 12.6. The molecule has 6 nitrogen and oxygen atoms in total. The SMILES string of the molecule is CN(C)C1CCN(c2ccc(NC(=O)c3ccc(NC(=O)c4cccc(Cl)c4)cc3)cc2)C1. The van der Waals surface area contributed by atoms with Gasteiger partial charge in [-0.05, 0) is 87.2 Å². The van der Waals surface area contributed by atoms with Gasteiger partial charge in [0.05, 0.1) is 0 Å². The van der Waals surface area contributed by atoms with Crippen LogP contribution >= 0.6 is 11.6 Å². The van der Waals surface area contributed by atoms with Crippen LogP contribution in [0.2, 0.25) is 5.02 Å². The highest BCUT2D eigenvalue weighted by molar-refractivity contribution is 6.31. The number of hydrogen-bond acceptors (Lipinski definition) is 4. The third-order valence-electron chi connectivity index (χ3n) is 5.88. The first-order chi connectivity index (χ1) is 15.9. The lowest BCUT2D eigenvalue weighted by molar-refractivity contribution is 0.102. The summed E-state index contributed by atoms with van der Waals surface area (Å²) in [4.78, 5) is 29.6. The van der Waals surface area contributed by atoms with E-state index in [4.69, 9.17) is 11.6 Å². The zero-order valence-electron chi connectivity index (χ0n) is 18.7.